The fourth-order valence-electron chi connectivity index (χ4n) is 3.32. The molecule has 0 amide bonds. The zero-order valence-corrected chi connectivity index (χ0v) is 17.5. The Labute approximate surface area is 166 Å². The summed E-state index contributed by atoms with van der Waals surface area (Å²) in [6.07, 6.45) is 16.7. The molecular weight excluding hydrogens is 334 g/mol. The highest BCUT2D eigenvalue weighted by atomic mass is 16.2. The lowest BCUT2D eigenvalue weighted by atomic mass is 10.0. The average Bonchev–Trinajstić information content (AvgIpc) is 2.67. The Hall–Kier alpha value is -1.64. The van der Waals surface area contributed by atoms with Crippen molar-refractivity contribution in [2.45, 2.75) is 90.9 Å². The van der Waals surface area contributed by atoms with Gasteiger partial charge in [-0.3, -0.25) is 9.59 Å². The van der Waals surface area contributed by atoms with Crippen LogP contribution in [0.15, 0.2) is 24.3 Å². The summed E-state index contributed by atoms with van der Waals surface area (Å²) in [6.45, 7) is 5.58. The molecule has 0 heterocycles. The van der Waals surface area contributed by atoms with E-state index in [1.165, 1.54) is 77.0 Å². The van der Waals surface area contributed by atoms with E-state index in [2.05, 4.69) is 19.2 Å². The Morgan fingerprint density at radius 1 is 0.815 bits per heavy atom. The van der Waals surface area contributed by atoms with E-state index in [1.54, 1.807) is 12.1 Å². The van der Waals surface area contributed by atoms with Crippen LogP contribution in [0.3, 0.4) is 0 Å². The Kier molecular flexibility index (Phi) is 13.4. The highest BCUT2D eigenvalue weighted by molar-refractivity contribution is 6.33. The quantitative estimate of drug-likeness (QED) is 0.141. The normalized spacial score (nSPS) is 10.9. The molecule has 0 aromatic heterocycles. The van der Waals surface area contributed by atoms with Gasteiger partial charge in [0.25, 0.3) is 0 Å². The number of hydrogen-bond acceptors (Lipinski definition) is 3. The van der Waals surface area contributed by atoms with Crippen LogP contribution in [0.1, 0.15) is 101 Å². The fraction of sp³-hybridized carbons (Fsp3) is 0.667. The number of Topliss-reactive ketones (excluding diaryl/α,β-unsaturated/α-hetero) is 1. The van der Waals surface area contributed by atoms with Crippen molar-refractivity contribution in [3.8, 4) is 0 Å². The summed E-state index contributed by atoms with van der Waals surface area (Å²) < 4.78 is 0. The van der Waals surface area contributed by atoms with Gasteiger partial charge in [-0.05, 0) is 36.6 Å². The number of nitrogens with one attached hydrogen (secondary N) is 1. The highest BCUT2D eigenvalue weighted by Gasteiger charge is 2.02. The van der Waals surface area contributed by atoms with Crippen LogP contribution in [0.2, 0.25) is 0 Å². The first kappa shape index (κ1) is 23.4. The van der Waals surface area contributed by atoms with Crippen molar-refractivity contribution in [1.82, 2.24) is 0 Å². The van der Waals surface area contributed by atoms with Gasteiger partial charge in [-0.2, -0.15) is 0 Å². The first-order valence-electron chi connectivity index (χ1n) is 11.0. The Morgan fingerprint density at radius 2 is 1.30 bits per heavy atom. The molecule has 3 heteroatoms. The summed E-state index contributed by atoms with van der Waals surface area (Å²) in [4.78, 5) is 21.7. The molecule has 0 saturated heterocycles. The molecule has 0 spiro atoms. The summed E-state index contributed by atoms with van der Waals surface area (Å²) in [5.41, 5.74) is 1.46. The van der Waals surface area contributed by atoms with Crippen LogP contribution in [0, 0.1) is 5.92 Å². The number of carbonyl (C=O) groups excluding carboxylic acids is 2. The van der Waals surface area contributed by atoms with Gasteiger partial charge in [0.1, 0.15) is 0 Å². The number of unbranched alkanes of at least 4 members (excludes halogenated alkanes) is 10. The number of benzene rings is 1. The van der Waals surface area contributed by atoms with Crippen LogP contribution in [0.4, 0.5) is 5.69 Å². The van der Waals surface area contributed by atoms with Gasteiger partial charge in [0.2, 0.25) is 5.78 Å². The van der Waals surface area contributed by atoms with E-state index in [0.717, 1.165) is 18.2 Å². The summed E-state index contributed by atoms with van der Waals surface area (Å²) >= 11 is 0. The van der Waals surface area contributed by atoms with Gasteiger partial charge in [0.15, 0.2) is 6.29 Å². The molecule has 0 aliphatic rings. The Bertz CT molecular complexity index is 508. The van der Waals surface area contributed by atoms with Gasteiger partial charge in [-0.25, -0.2) is 0 Å². The number of rotatable bonds is 17. The van der Waals surface area contributed by atoms with E-state index in [9.17, 15) is 9.59 Å². The third-order valence-corrected chi connectivity index (χ3v) is 5.06. The monoisotopic (exact) mass is 373 g/mol. The second kappa shape index (κ2) is 15.4. The average molecular weight is 374 g/mol. The first-order chi connectivity index (χ1) is 13.1. The van der Waals surface area contributed by atoms with Crippen molar-refractivity contribution < 1.29 is 9.59 Å². The van der Waals surface area contributed by atoms with E-state index in [4.69, 9.17) is 0 Å². The van der Waals surface area contributed by atoms with Crippen molar-refractivity contribution >= 4 is 17.8 Å². The van der Waals surface area contributed by atoms with Gasteiger partial charge < -0.3 is 5.32 Å². The number of carbonyl (C=O) groups is 2. The molecule has 0 saturated carbocycles. The minimum Gasteiger partial charge on any atom is -0.385 e. The molecule has 0 fully saturated rings. The summed E-state index contributed by atoms with van der Waals surface area (Å²) in [5.74, 6) is 0.396. The van der Waals surface area contributed by atoms with Gasteiger partial charge in [0.05, 0.1) is 0 Å². The van der Waals surface area contributed by atoms with Crippen molar-refractivity contribution in [3.63, 3.8) is 0 Å². The molecule has 3 nitrogen and oxygen atoms in total. The zero-order valence-electron chi connectivity index (χ0n) is 17.5. The molecule has 0 aliphatic carbocycles. The third-order valence-electron chi connectivity index (χ3n) is 5.06. The van der Waals surface area contributed by atoms with Gasteiger partial charge in [0, 0.05) is 17.8 Å². The van der Waals surface area contributed by atoms with Crippen molar-refractivity contribution in [1.29, 1.82) is 0 Å². The molecule has 1 N–H and O–H groups in total. The molecule has 1 aromatic rings. The minimum atomic E-state index is -0.465. The highest BCUT2D eigenvalue weighted by Crippen LogP contribution is 2.14. The number of aldehydes is 1. The number of ketones is 1. The van der Waals surface area contributed by atoms with E-state index >= 15 is 0 Å². The Balaban J connectivity index is 1.88. The molecule has 152 valence electrons. The summed E-state index contributed by atoms with van der Waals surface area (Å²) in [6, 6.07) is 7.12. The Morgan fingerprint density at radius 3 is 1.78 bits per heavy atom. The van der Waals surface area contributed by atoms with Gasteiger partial charge in [-0.15, -0.1) is 0 Å². The molecule has 1 rings (SSSR count). The van der Waals surface area contributed by atoms with E-state index < -0.39 is 5.78 Å². The van der Waals surface area contributed by atoms with Crippen LogP contribution in [-0.4, -0.2) is 18.6 Å². The predicted octanol–water partition coefficient (Wildman–Crippen LogP) is 6.82. The van der Waals surface area contributed by atoms with Crippen LogP contribution in [0.25, 0.3) is 0 Å². The van der Waals surface area contributed by atoms with Gasteiger partial charge in [-0.1, -0.05) is 84.5 Å². The standard InChI is InChI=1S/C24H39NO2/c1-21(2)14-12-10-8-6-4-3-5-7-9-11-13-19-25-23-17-15-22(16-18-23)24(27)20-26/h15-18,20-21,25H,3-14,19H2,1-2H3. The van der Waals surface area contributed by atoms with Crippen molar-refractivity contribution in [3.05, 3.63) is 29.8 Å². The maximum absolute atomic E-state index is 11.2. The van der Waals surface area contributed by atoms with E-state index in [1.807, 2.05) is 12.1 Å². The fourth-order valence-corrected chi connectivity index (χ4v) is 3.32. The lowest BCUT2D eigenvalue weighted by Crippen LogP contribution is -2.03. The minimum absolute atomic E-state index is 0.358. The van der Waals surface area contributed by atoms with Crippen molar-refractivity contribution in [2.24, 2.45) is 5.92 Å². The molecule has 1 aromatic carbocycles. The topological polar surface area (TPSA) is 46.2 Å². The molecular formula is C24H39NO2. The smallest absolute Gasteiger partial charge is 0.225 e. The van der Waals surface area contributed by atoms with Crippen LogP contribution >= 0.6 is 0 Å². The van der Waals surface area contributed by atoms with Crippen LogP contribution < -0.4 is 5.32 Å². The summed E-state index contributed by atoms with van der Waals surface area (Å²) in [5, 5.41) is 3.37. The van der Waals surface area contributed by atoms with Gasteiger partial charge >= 0.3 is 0 Å². The summed E-state index contributed by atoms with van der Waals surface area (Å²) in [7, 11) is 0. The maximum Gasteiger partial charge on any atom is 0.225 e. The predicted molar refractivity (Wildman–Crippen MR) is 116 cm³/mol. The largest absolute Gasteiger partial charge is 0.385 e. The van der Waals surface area contributed by atoms with Crippen molar-refractivity contribution in [2.75, 3.05) is 11.9 Å². The van der Waals surface area contributed by atoms with Crippen LogP contribution in [-0.2, 0) is 4.79 Å². The number of hydrogen-bond donors (Lipinski definition) is 1. The lowest BCUT2D eigenvalue weighted by Gasteiger charge is -2.07. The molecule has 0 unspecified atom stereocenters. The SMILES string of the molecule is CC(C)CCCCCCCCCCCCCNc1ccc(C(=O)C=O)cc1. The molecule has 0 aliphatic heterocycles. The van der Waals surface area contributed by atoms with E-state index in [-0.39, 0.29) is 0 Å². The second-order valence-electron chi connectivity index (χ2n) is 8.06. The molecule has 0 radical (unpaired) electrons. The lowest BCUT2D eigenvalue weighted by molar-refractivity contribution is -0.104. The van der Waals surface area contributed by atoms with Crippen LogP contribution in [0.5, 0.6) is 0 Å². The molecule has 0 bridgehead atoms. The third kappa shape index (κ3) is 12.4. The molecule has 27 heavy (non-hydrogen) atoms. The second-order valence-corrected chi connectivity index (χ2v) is 8.06. The maximum atomic E-state index is 11.2. The first-order valence-corrected chi connectivity index (χ1v) is 11.0. The van der Waals surface area contributed by atoms with E-state index in [0.29, 0.717) is 11.8 Å². The molecule has 0 atom stereocenters. The zero-order chi connectivity index (χ0) is 19.7. The number of anilines is 1.